The van der Waals surface area contributed by atoms with E-state index < -0.39 is 0 Å². The zero-order valence-electron chi connectivity index (χ0n) is 11.7. The number of aromatic nitrogens is 3. The van der Waals surface area contributed by atoms with Gasteiger partial charge in [-0.3, -0.25) is 0 Å². The van der Waals surface area contributed by atoms with Crippen LogP contribution in [-0.4, -0.2) is 41.3 Å². The minimum Gasteiger partial charge on any atom is -0.339 e. The maximum Gasteiger partial charge on any atom is 0.245 e. The maximum absolute atomic E-state index is 4.61. The van der Waals surface area contributed by atoms with E-state index in [0.29, 0.717) is 0 Å². The van der Waals surface area contributed by atoms with Gasteiger partial charge in [-0.05, 0) is 66.8 Å². The summed E-state index contributed by atoms with van der Waals surface area (Å²) in [7, 11) is 2.02. The van der Waals surface area contributed by atoms with Crippen molar-refractivity contribution >= 4 is 27.5 Å². The van der Waals surface area contributed by atoms with E-state index in [9.17, 15) is 0 Å². The number of rotatable bonds is 4. The van der Waals surface area contributed by atoms with E-state index in [1.165, 1.54) is 19.3 Å². The normalized spacial score (nSPS) is 17.0. The molecule has 20 heavy (non-hydrogen) atoms. The van der Waals surface area contributed by atoms with Gasteiger partial charge in [-0.2, -0.15) is 4.98 Å². The highest BCUT2D eigenvalue weighted by Gasteiger charge is 2.21. The summed E-state index contributed by atoms with van der Waals surface area (Å²) < 4.78 is 2.86. The lowest BCUT2D eigenvalue weighted by Gasteiger charge is -2.31. The number of nitrogens with one attached hydrogen (secondary N) is 1. The monoisotopic (exact) mass is 337 g/mol. The Labute approximate surface area is 127 Å². The lowest BCUT2D eigenvalue weighted by Crippen LogP contribution is -2.35. The van der Waals surface area contributed by atoms with Gasteiger partial charge in [0.25, 0.3) is 0 Å². The molecule has 0 amide bonds. The van der Waals surface area contributed by atoms with Gasteiger partial charge in [-0.15, -0.1) is 5.10 Å². The molecule has 1 N–H and O–H groups in total. The number of piperidine rings is 1. The Morgan fingerprint density at radius 2 is 2.15 bits per heavy atom. The highest BCUT2D eigenvalue weighted by Crippen LogP contribution is 2.23. The molecule has 1 fully saturated rings. The molecule has 0 aliphatic carbocycles. The summed E-state index contributed by atoms with van der Waals surface area (Å²) in [5, 5.41) is 7.81. The zero-order valence-corrected chi connectivity index (χ0v) is 13.3. The summed E-state index contributed by atoms with van der Waals surface area (Å²) in [5.41, 5.74) is 0.903. The standard InChI is InChI=1S/C14H20BrN5/c1-16-7-4-11-5-8-19(9-6-11)14-17-13-3-2-12(15)10-20(13)18-14/h2-3,10-11,16H,4-9H2,1H3. The number of hydrogen-bond donors (Lipinski definition) is 1. The van der Waals surface area contributed by atoms with E-state index >= 15 is 0 Å². The molecule has 1 aliphatic heterocycles. The minimum absolute atomic E-state index is 0.838. The number of fused-ring (bicyclic) bond motifs is 1. The first-order valence-corrected chi connectivity index (χ1v) is 7.97. The highest BCUT2D eigenvalue weighted by atomic mass is 79.9. The van der Waals surface area contributed by atoms with Gasteiger partial charge < -0.3 is 10.2 Å². The third-order valence-electron chi connectivity index (χ3n) is 3.98. The Balaban J connectivity index is 1.67. The van der Waals surface area contributed by atoms with Crippen LogP contribution >= 0.6 is 15.9 Å². The van der Waals surface area contributed by atoms with E-state index in [4.69, 9.17) is 0 Å². The smallest absolute Gasteiger partial charge is 0.245 e. The molecular weight excluding hydrogens is 318 g/mol. The molecular formula is C14H20BrN5. The van der Waals surface area contributed by atoms with Crippen molar-refractivity contribution in [1.82, 2.24) is 19.9 Å². The predicted molar refractivity (Wildman–Crippen MR) is 84.2 cm³/mol. The second kappa shape index (κ2) is 6.10. The van der Waals surface area contributed by atoms with Gasteiger partial charge in [0.15, 0.2) is 5.65 Å². The maximum atomic E-state index is 4.61. The first-order valence-electron chi connectivity index (χ1n) is 7.18. The molecule has 0 aromatic carbocycles. The molecule has 5 nitrogen and oxygen atoms in total. The number of halogens is 1. The summed E-state index contributed by atoms with van der Waals surface area (Å²) in [6.45, 7) is 3.24. The zero-order chi connectivity index (χ0) is 13.9. The van der Waals surface area contributed by atoms with Gasteiger partial charge in [-0.1, -0.05) is 0 Å². The molecule has 0 saturated carbocycles. The van der Waals surface area contributed by atoms with Crippen LogP contribution in [0.25, 0.3) is 5.65 Å². The van der Waals surface area contributed by atoms with Crippen molar-refractivity contribution in [2.75, 3.05) is 31.6 Å². The molecule has 0 unspecified atom stereocenters. The molecule has 6 heteroatoms. The number of hydrogen-bond acceptors (Lipinski definition) is 4. The van der Waals surface area contributed by atoms with Crippen molar-refractivity contribution in [3.63, 3.8) is 0 Å². The van der Waals surface area contributed by atoms with E-state index in [0.717, 1.165) is 41.6 Å². The van der Waals surface area contributed by atoms with Crippen molar-refractivity contribution in [1.29, 1.82) is 0 Å². The largest absolute Gasteiger partial charge is 0.339 e. The molecule has 3 rings (SSSR count). The number of anilines is 1. The Hall–Kier alpha value is -1.14. The van der Waals surface area contributed by atoms with Crippen molar-refractivity contribution in [3.8, 4) is 0 Å². The first-order chi connectivity index (χ1) is 9.76. The average molecular weight is 338 g/mol. The summed E-state index contributed by atoms with van der Waals surface area (Å²) in [6, 6.07) is 3.98. The van der Waals surface area contributed by atoms with Gasteiger partial charge in [0, 0.05) is 23.8 Å². The summed E-state index contributed by atoms with van der Waals surface area (Å²) in [6.07, 6.45) is 5.70. The summed E-state index contributed by atoms with van der Waals surface area (Å²) in [5.74, 6) is 1.69. The van der Waals surface area contributed by atoms with Crippen LogP contribution in [0, 0.1) is 5.92 Å². The minimum atomic E-state index is 0.838. The summed E-state index contributed by atoms with van der Waals surface area (Å²) in [4.78, 5) is 6.91. The quantitative estimate of drug-likeness (QED) is 0.929. The fourth-order valence-electron chi connectivity index (χ4n) is 2.75. The lowest BCUT2D eigenvalue weighted by atomic mass is 9.94. The molecule has 3 heterocycles. The van der Waals surface area contributed by atoms with Crippen molar-refractivity contribution in [2.45, 2.75) is 19.3 Å². The fourth-order valence-corrected chi connectivity index (χ4v) is 3.08. The third-order valence-corrected chi connectivity index (χ3v) is 4.45. The van der Waals surface area contributed by atoms with Crippen molar-refractivity contribution in [2.24, 2.45) is 5.92 Å². The van der Waals surface area contributed by atoms with Crippen LogP contribution < -0.4 is 10.2 Å². The van der Waals surface area contributed by atoms with Crippen LogP contribution in [0.4, 0.5) is 5.95 Å². The van der Waals surface area contributed by atoms with Gasteiger partial charge in [0.05, 0.1) is 0 Å². The summed E-state index contributed by atoms with van der Waals surface area (Å²) >= 11 is 3.46. The van der Waals surface area contributed by atoms with E-state index in [1.807, 2.05) is 29.9 Å². The first kappa shape index (κ1) is 13.8. The van der Waals surface area contributed by atoms with Crippen LogP contribution in [0.1, 0.15) is 19.3 Å². The second-order valence-electron chi connectivity index (χ2n) is 5.38. The molecule has 108 valence electrons. The lowest BCUT2D eigenvalue weighted by molar-refractivity contribution is 0.376. The molecule has 0 bridgehead atoms. The number of nitrogens with zero attached hydrogens (tertiary/aromatic N) is 4. The SMILES string of the molecule is CNCCC1CCN(c2nc3ccc(Br)cn3n2)CC1. The van der Waals surface area contributed by atoms with Crippen molar-refractivity contribution in [3.05, 3.63) is 22.8 Å². The Bertz CT molecular complexity index is 574. The molecule has 1 aliphatic rings. The van der Waals surface area contributed by atoms with Gasteiger partial charge >= 0.3 is 0 Å². The third kappa shape index (κ3) is 2.96. The van der Waals surface area contributed by atoms with Crippen LogP contribution in [0.2, 0.25) is 0 Å². The Morgan fingerprint density at radius 3 is 2.90 bits per heavy atom. The van der Waals surface area contributed by atoms with Crippen LogP contribution in [0.15, 0.2) is 22.8 Å². The van der Waals surface area contributed by atoms with Gasteiger partial charge in [-0.25, -0.2) is 4.52 Å². The van der Waals surface area contributed by atoms with E-state index in [2.05, 4.69) is 36.2 Å². The van der Waals surface area contributed by atoms with E-state index in [-0.39, 0.29) is 0 Å². The molecule has 0 radical (unpaired) electrons. The van der Waals surface area contributed by atoms with Crippen LogP contribution in [0.3, 0.4) is 0 Å². The molecule has 2 aromatic heterocycles. The molecule has 0 atom stereocenters. The Kier molecular flexibility index (Phi) is 4.21. The average Bonchev–Trinajstić information content (AvgIpc) is 2.88. The van der Waals surface area contributed by atoms with Crippen molar-refractivity contribution < 1.29 is 0 Å². The number of pyridine rings is 1. The fraction of sp³-hybridized carbons (Fsp3) is 0.571. The second-order valence-corrected chi connectivity index (χ2v) is 6.30. The molecule has 2 aromatic rings. The topological polar surface area (TPSA) is 45.5 Å². The Morgan fingerprint density at radius 1 is 1.35 bits per heavy atom. The van der Waals surface area contributed by atoms with Crippen LogP contribution in [0.5, 0.6) is 0 Å². The van der Waals surface area contributed by atoms with Gasteiger partial charge in [0.2, 0.25) is 5.95 Å². The van der Waals surface area contributed by atoms with Gasteiger partial charge in [0.1, 0.15) is 0 Å². The highest BCUT2D eigenvalue weighted by molar-refractivity contribution is 9.10. The van der Waals surface area contributed by atoms with Crippen LogP contribution in [-0.2, 0) is 0 Å². The molecule has 0 spiro atoms. The van der Waals surface area contributed by atoms with E-state index in [1.54, 1.807) is 0 Å². The predicted octanol–water partition coefficient (Wildman–Crippen LogP) is 2.32. The molecule has 1 saturated heterocycles.